The molecule has 1 heterocycles. The monoisotopic (exact) mass is 608 g/mol. The van der Waals surface area contributed by atoms with Crippen LogP contribution in [0.4, 0.5) is 0 Å². The smallest absolute Gasteiger partial charge is 0.303 e. The van der Waals surface area contributed by atoms with Gasteiger partial charge in [0.1, 0.15) is 37.1 Å². The molecule has 0 aromatic carbocycles. The Labute approximate surface area is 255 Å². The van der Waals surface area contributed by atoms with Crippen LogP contribution in [0.3, 0.4) is 0 Å². The Morgan fingerprint density at radius 3 is 2.30 bits per heavy atom. The Morgan fingerprint density at radius 1 is 0.930 bits per heavy atom. The van der Waals surface area contributed by atoms with Crippen LogP contribution < -0.4 is 0 Å². The lowest BCUT2D eigenvalue weighted by Crippen LogP contribution is -2.62. The number of ether oxygens (including phenoxy) is 4. The normalized spacial score (nSPS) is 44.6. The number of hydrogen-bond donors (Lipinski definition) is 4. The first kappa shape index (κ1) is 32.8. The van der Waals surface area contributed by atoms with E-state index in [0.29, 0.717) is 11.8 Å². The first-order valence-electron chi connectivity index (χ1n) is 16.1. The van der Waals surface area contributed by atoms with Gasteiger partial charge in [-0.25, -0.2) is 0 Å². The third-order valence-corrected chi connectivity index (χ3v) is 12.3. The minimum Gasteiger partial charge on any atom is -0.462 e. The van der Waals surface area contributed by atoms with Crippen molar-refractivity contribution in [3.63, 3.8) is 0 Å². The third kappa shape index (κ3) is 5.58. The summed E-state index contributed by atoms with van der Waals surface area (Å²) in [6.07, 6.45) is 0.557. The van der Waals surface area contributed by atoms with Gasteiger partial charge in [-0.3, -0.25) is 9.59 Å². The van der Waals surface area contributed by atoms with Crippen LogP contribution in [-0.4, -0.2) is 88.5 Å². The Bertz CT molecular complexity index is 1100. The molecule has 3 saturated carbocycles. The van der Waals surface area contributed by atoms with E-state index in [4.69, 9.17) is 18.9 Å². The highest BCUT2D eigenvalue weighted by molar-refractivity contribution is 5.67. The van der Waals surface area contributed by atoms with E-state index in [2.05, 4.69) is 27.7 Å². The van der Waals surface area contributed by atoms with Gasteiger partial charge in [0, 0.05) is 19.8 Å². The molecule has 43 heavy (non-hydrogen) atoms. The predicted octanol–water partition coefficient (Wildman–Crippen LogP) is 3.03. The summed E-state index contributed by atoms with van der Waals surface area (Å²) >= 11 is 0. The molecule has 10 nitrogen and oxygen atoms in total. The Hall–Kier alpha value is -1.56. The van der Waals surface area contributed by atoms with Crippen molar-refractivity contribution < 1.29 is 49.0 Å². The molecule has 4 fully saturated rings. The van der Waals surface area contributed by atoms with Gasteiger partial charge in [0.15, 0.2) is 6.29 Å². The topological polar surface area (TPSA) is 152 Å². The number of esters is 2. The summed E-state index contributed by atoms with van der Waals surface area (Å²) in [7, 11) is 0. The van der Waals surface area contributed by atoms with Crippen molar-refractivity contribution >= 4 is 11.9 Å². The van der Waals surface area contributed by atoms with Gasteiger partial charge in [-0.2, -0.15) is 0 Å². The summed E-state index contributed by atoms with van der Waals surface area (Å²) in [6, 6.07) is 0. The van der Waals surface area contributed by atoms with Crippen LogP contribution in [0.2, 0.25) is 0 Å². The summed E-state index contributed by atoms with van der Waals surface area (Å²) in [4.78, 5) is 23.6. The second kappa shape index (κ2) is 12.0. The number of hydrogen-bond acceptors (Lipinski definition) is 10. The number of aliphatic hydroxyl groups excluding tert-OH is 4. The largest absolute Gasteiger partial charge is 0.462 e. The molecule has 244 valence electrons. The lowest BCUT2D eigenvalue weighted by Gasteiger charge is -2.62. The summed E-state index contributed by atoms with van der Waals surface area (Å²) in [5.74, 6) is 0.179. The minimum atomic E-state index is -1.46. The second-order valence-corrected chi connectivity index (χ2v) is 14.9. The molecule has 0 spiro atoms. The van der Waals surface area contributed by atoms with E-state index >= 15 is 0 Å². The van der Waals surface area contributed by atoms with Gasteiger partial charge < -0.3 is 39.4 Å². The second-order valence-electron chi connectivity index (χ2n) is 14.9. The first-order chi connectivity index (χ1) is 20.1. The van der Waals surface area contributed by atoms with Crippen molar-refractivity contribution in [3.8, 4) is 0 Å². The molecule has 0 unspecified atom stereocenters. The van der Waals surface area contributed by atoms with Crippen LogP contribution in [0.1, 0.15) is 92.9 Å². The fourth-order valence-corrected chi connectivity index (χ4v) is 10.2. The number of allylic oxidation sites excluding steroid dienone is 2. The average Bonchev–Trinajstić information content (AvgIpc) is 3.29. The van der Waals surface area contributed by atoms with E-state index in [9.17, 15) is 30.0 Å². The van der Waals surface area contributed by atoms with E-state index in [1.165, 1.54) is 19.4 Å². The molecule has 1 aliphatic heterocycles. The Balaban J connectivity index is 1.36. The van der Waals surface area contributed by atoms with Crippen LogP contribution in [0, 0.1) is 34.0 Å². The lowest BCUT2D eigenvalue weighted by atomic mass is 9.44. The summed E-state index contributed by atoms with van der Waals surface area (Å²) < 4.78 is 23.2. The van der Waals surface area contributed by atoms with Crippen molar-refractivity contribution in [1.29, 1.82) is 0 Å². The van der Waals surface area contributed by atoms with Gasteiger partial charge in [-0.1, -0.05) is 38.8 Å². The summed E-state index contributed by atoms with van der Waals surface area (Å²) in [6.45, 7) is 11.6. The molecular weight excluding hydrogens is 556 g/mol. The molecule has 5 aliphatic rings. The minimum absolute atomic E-state index is 0.0613. The van der Waals surface area contributed by atoms with Crippen molar-refractivity contribution in [1.82, 2.24) is 0 Å². The Morgan fingerprint density at radius 2 is 1.65 bits per heavy atom. The van der Waals surface area contributed by atoms with E-state index in [0.717, 1.165) is 51.4 Å². The van der Waals surface area contributed by atoms with E-state index in [1.54, 1.807) is 5.57 Å². The fourth-order valence-electron chi connectivity index (χ4n) is 10.2. The summed E-state index contributed by atoms with van der Waals surface area (Å²) in [5, 5.41) is 40.8. The highest BCUT2D eigenvalue weighted by Crippen LogP contribution is 2.68. The van der Waals surface area contributed by atoms with Crippen LogP contribution in [0.5, 0.6) is 0 Å². The zero-order valence-corrected chi connectivity index (χ0v) is 26.6. The van der Waals surface area contributed by atoms with Crippen molar-refractivity contribution in [2.75, 3.05) is 13.2 Å². The zero-order valence-electron chi connectivity index (χ0n) is 26.6. The van der Waals surface area contributed by atoms with Gasteiger partial charge in [-0.15, -0.1) is 0 Å². The van der Waals surface area contributed by atoms with Crippen LogP contribution in [0.25, 0.3) is 0 Å². The molecule has 0 aromatic heterocycles. The highest BCUT2D eigenvalue weighted by atomic mass is 16.7. The lowest BCUT2D eigenvalue weighted by molar-refractivity contribution is -0.327. The number of rotatable bonds is 7. The van der Waals surface area contributed by atoms with Gasteiger partial charge in [0.25, 0.3) is 0 Å². The molecule has 10 heteroatoms. The fraction of sp³-hybridized carbons (Fsp3) is 0.879. The van der Waals surface area contributed by atoms with Crippen LogP contribution >= 0.6 is 0 Å². The van der Waals surface area contributed by atoms with E-state index < -0.39 is 43.4 Å². The quantitative estimate of drug-likeness (QED) is 0.193. The molecule has 1 saturated heterocycles. The number of fused-ring (bicyclic) bond motifs is 4. The molecule has 0 radical (unpaired) electrons. The molecule has 4 N–H and O–H groups in total. The molecule has 4 aliphatic carbocycles. The SMILES string of the molecule is CC(=O)OC[C@H](OC(C)=O)[C@H]1CCC2=C3CC[C@H]4C(C)(C)[C@@H](O[C@@H]5O[C@H](CO)[C@@H](O)[C@H](O)[C@H]5O)CC[C@]4(C)[C@H]3CC[C@@]21C. The molecule has 0 amide bonds. The van der Waals surface area contributed by atoms with E-state index in [-0.39, 0.29) is 46.8 Å². The van der Waals surface area contributed by atoms with Crippen LogP contribution in [-0.2, 0) is 28.5 Å². The van der Waals surface area contributed by atoms with Gasteiger partial charge in [0.2, 0.25) is 0 Å². The number of carbonyl (C=O) groups excluding carboxylic acids is 2. The van der Waals surface area contributed by atoms with Gasteiger partial charge in [-0.05, 0) is 79.4 Å². The van der Waals surface area contributed by atoms with Gasteiger partial charge >= 0.3 is 11.9 Å². The third-order valence-electron chi connectivity index (χ3n) is 12.3. The molecule has 0 bridgehead atoms. The molecule has 12 atom stereocenters. The standard InChI is InChI=1S/C33H52O10/c1-17(35)40-16-24(41-18(2)36)22-9-8-20-19-7-10-25-31(3,4)26(12-14-33(25,6)21(19)11-13-32(20,22)5)43-30-29(39)28(38)27(37)23(15-34)42-30/h21-30,34,37-39H,7-16H2,1-6H3/t21-,22+,23+,24-,25-,26-,27+,28-,29+,30-,32-,33+/m0/s1. The van der Waals surface area contributed by atoms with Crippen molar-refractivity contribution in [2.24, 2.45) is 34.0 Å². The average molecular weight is 609 g/mol. The predicted molar refractivity (Wildman–Crippen MR) is 155 cm³/mol. The van der Waals surface area contributed by atoms with Crippen molar-refractivity contribution in [3.05, 3.63) is 11.1 Å². The maximum absolute atomic E-state index is 12.0. The summed E-state index contributed by atoms with van der Waals surface area (Å²) in [5.41, 5.74) is 2.81. The number of aliphatic hydroxyl groups is 4. The maximum atomic E-state index is 12.0. The molecule has 5 rings (SSSR count). The maximum Gasteiger partial charge on any atom is 0.303 e. The molecule has 0 aromatic rings. The Kier molecular flexibility index (Phi) is 9.15. The van der Waals surface area contributed by atoms with Gasteiger partial charge in [0.05, 0.1) is 12.7 Å². The zero-order chi connectivity index (χ0) is 31.5. The molecular formula is C33H52O10. The van der Waals surface area contributed by atoms with Crippen molar-refractivity contribution in [2.45, 2.75) is 136 Å². The highest BCUT2D eigenvalue weighted by Gasteiger charge is 2.61. The first-order valence-corrected chi connectivity index (χ1v) is 16.1. The number of carbonyl (C=O) groups is 2. The van der Waals surface area contributed by atoms with E-state index in [1.807, 2.05) is 0 Å². The van der Waals surface area contributed by atoms with Crippen LogP contribution in [0.15, 0.2) is 11.1 Å².